The molecule has 1 N–H and O–H groups in total. The van der Waals surface area contributed by atoms with Crippen LogP contribution in [0.25, 0.3) is 10.8 Å². The number of rotatable bonds is 10. The summed E-state index contributed by atoms with van der Waals surface area (Å²) in [5.74, 6) is 1.74. The fourth-order valence-electron chi connectivity index (χ4n) is 3.85. The highest BCUT2D eigenvalue weighted by atomic mass is 79.9. The minimum atomic E-state index is -0.408. The number of hydrogen-bond acceptors (Lipinski definition) is 6. The zero-order chi connectivity index (χ0) is 26.2. The molecule has 0 aliphatic heterocycles. The second kappa shape index (κ2) is 12.3. The van der Waals surface area contributed by atoms with Crippen molar-refractivity contribution >= 4 is 38.8 Å². The summed E-state index contributed by atoms with van der Waals surface area (Å²) in [6.45, 7) is 2.75. The summed E-state index contributed by atoms with van der Waals surface area (Å²) in [7, 11) is 3.04. The number of nitrogens with one attached hydrogen (secondary N) is 1. The van der Waals surface area contributed by atoms with Crippen LogP contribution in [-0.2, 0) is 6.61 Å². The Labute approximate surface area is 224 Å². The van der Waals surface area contributed by atoms with E-state index in [0.29, 0.717) is 46.2 Å². The number of ether oxygens (including phenoxy) is 4. The van der Waals surface area contributed by atoms with Crippen LogP contribution >= 0.6 is 15.9 Å². The first-order valence-electron chi connectivity index (χ1n) is 11.6. The minimum Gasteiger partial charge on any atom is -0.497 e. The van der Waals surface area contributed by atoms with Gasteiger partial charge in [-0.2, -0.15) is 5.10 Å². The third-order valence-corrected chi connectivity index (χ3v) is 6.21. The molecule has 0 aromatic heterocycles. The predicted molar refractivity (Wildman–Crippen MR) is 148 cm³/mol. The maximum absolute atomic E-state index is 12.6. The van der Waals surface area contributed by atoms with Crippen molar-refractivity contribution in [2.75, 3.05) is 20.8 Å². The Hall–Kier alpha value is -4.04. The van der Waals surface area contributed by atoms with Crippen LogP contribution in [0.3, 0.4) is 0 Å². The molecule has 7 nitrogen and oxygen atoms in total. The van der Waals surface area contributed by atoms with Gasteiger partial charge in [0.15, 0.2) is 11.5 Å². The topological polar surface area (TPSA) is 78.4 Å². The van der Waals surface area contributed by atoms with Gasteiger partial charge in [0.2, 0.25) is 0 Å². The fraction of sp³-hybridized carbons (Fsp3) is 0.172. The number of halogens is 1. The zero-order valence-corrected chi connectivity index (χ0v) is 22.4. The Morgan fingerprint density at radius 3 is 2.54 bits per heavy atom. The minimum absolute atomic E-state index is 0.341. The number of nitrogens with zero attached hydrogens (tertiary/aromatic N) is 1. The first kappa shape index (κ1) is 26.0. The van der Waals surface area contributed by atoms with Crippen molar-refractivity contribution in [2.45, 2.75) is 13.5 Å². The summed E-state index contributed by atoms with van der Waals surface area (Å²) in [6, 6.07) is 23.0. The first-order valence-corrected chi connectivity index (χ1v) is 12.4. The van der Waals surface area contributed by atoms with Crippen LogP contribution in [0.1, 0.15) is 28.4 Å². The molecule has 0 heterocycles. The summed E-state index contributed by atoms with van der Waals surface area (Å²) >= 11 is 3.60. The predicted octanol–water partition coefficient (Wildman–Crippen LogP) is 6.36. The van der Waals surface area contributed by atoms with Gasteiger partial charge in [0.05, 0.1) is 37.1 Å². The lowest BCUT2D eigenvalue weighted by atomic mass is 10.1. The van der Waals surface area contributed by atoms with Gasteiger partial charge in [0.25, 0.3) is 5.91 Å². The molecule has 0 saturated heterocycles. The van der Waals surface area contributed by atoms with Gasteiger partial charge in [-0.3, -0.25) is 4.79 Å². The van der Waals surface area contributed by atoms with Gasteiger partial charge in [0.1, 0.15) is 18.1 Å². The number of carbonyl (C=O) groups is 1. The van der Waals surface area contributed by atoms with Crippen molar-refractivity contribution in [3.8, 4) is 23.0 Å². The van der Waals surface area contributed by atoms with Gasteiger partial charge < -0.3 is 18.9 Å². The highest BCUT2D eigenvalue weighted by molar-refractivity contribution is 9.10. The van der Waals surface area contributed by atoms with Gasteiger partial charge in [-0.25, -0.2) is 5.43 Å². The van der Waals surface area contributed by atoms with Crippen LogP contribution in [0.2, 0.25) is 0 Å². The van der Waals surface area contributed by atoms with E-state index in [0.717, 1.165) is 21.9 Å². The van der Waals surface area contributed by atoms with Gasteiger partial charge in [0, 0.05) is 6.07 Å². The molecular formula is C29H27BrN2O5. The first-order chi connectivity index (χ1) is 18.0. The van der Waals surface area contributed by atoms with E-state index in [4.69, 9.17) is 18.9 Å². The lowest BCUT2D eigenvalue weighted by molar-refractivity contribution is 0.0952. The van der Waals surface area contributed by atoms with E-state index >= 15 is 0 Å². The average Bonchev–Trinajstić information content (AvgIpc) is 2.92. The van der Waals surface area contributed by atoms with Crippen LogP contribution in [0.4, 0.5) is 0 Å². The van der Waals surface area contributed by atoms with Crippen molar-refractivity contribution < 1.29 is 23.7 Å². The molecule has 4 rings (SSSR count). The summed E-state index contributed by atoms with van der Waals surface area (Å²) in [4.78, 5) is 12.6. The molecule has 0 spiro atoms. The highest BCUT2D eigenvalue weighted by Gasteiger charge is 2.15. The molecule has 0 bridgehead atoms. The van der Waals surface area contributed by atoms with Crippen LogP contribution in [0.5, 0.6) is 23.0 Å². The Kier molecular flexibility index (Phi) is 8.64. The van der Waals surface area contributed by atoms with Crippen LogP contribution in [0, 0.1) is 0 Å². The second-order valence-corrected chi connectivity index (χ2v) is 8.81. The molecular weight excluding hydrogens is 536 g/mol. The summed E-state index contributed by atoms with van der Waals surface area (Å²) in [6.07, 6.45) is 1.54. The lowest BCUT2D eigenvalue weighted by Gasteiger charge is -2.15. The third kappa shape index (κ3) is 6.21. The summed E-state index contributed by atoms with van der Waals surface area (Å²) in [5, 5.41) is 6.41. The van der Waals surface area contributed by atoms with E-state index in [-0.39, 0.29) is 0 Å². The molecule has 0 aliphatic rings. The number of hydrogen-bond donors (Lipinski definition) is 1. The molecule has 0 unspecified atom stereocenters. The second-order valence-electron chi connectivity index (χ2n) is 7.96. The number of benzene rings is 4. The maximum atomic E-state index is 12.6. The molecule has 8 heteroatoms. The molecule has 37 heavy (non-hydrogen) atoms. The Balaban J connectivity index is 1.50. The lowest BCUT2D eigenvalue weighted by Crippen LogP contribution is -2.18. The largest absolute Gasteiger partial charge is 0.497 e. The monoisotopic (exact) mass is 562 g/mol. The van der Waals surface area contributed by atoms with Crippen LogP contribution in [-0.4, -0.2) is 32.9 Å². The van der Waals surface area contributed by atoms with E-state index < -0.39 is 5.91 Å². The van der Waals surface area contributed by atoms with Gasteiger partial charge in [-0.1, -0.05) is 42.5 Å². The van der Waals surface area contributed by atoms with E-state index in [2.05, 4.69) is 50.7 Å². The van der Waals surface area contributed by atoms with E-state index in [9.17, 15) is 4.79 Å². The van der Waals surface area contributed by atoms with Gasteiger partial charge >= 0.3 is 0 Å². The SMILES string of the molecule is CCOc1cc(/C=N\NC(=O)c2ccc(OC)cc2OC)cc(Br)c1OCc1cccc2ccccc12. The molecule has 190 valence electrons. The quantitative estimate of drug-likeness (QED) is 0.180. The summed E-state index contributed by atoms with van der Waals surface area (Å²) in [5.41, 5.74) is 4.67. The van der Waals surface area contributed by atoms with E-state index in [1.165, 1.54) is 13.3 Å². The highest BCUT2D eigenvalue weighted by Crippen LogP contribution is 2.37. The van der Waals surface area contributed by atoms with Crippen molar-refractivity contribution in [3.63, 3.8) is 0 Å². The number of amides is 1. The molecule has 4 aromatic carbocycles. The van der Waals surface area contributed by atoms with E-state index in [1.807, 2.05) is 37.3 Å². The Bertz CT molecular complexity index is 1430. The maximum Gasteiger partial charge on any atom is 0.275 e. The van der Waals surface area contributed by atoms with Gasteiger partial charge in [-0.05, 0) is 69.0 Å². The van der Waals surface area contributed by atoms with Crippen molar-refractivity contribution in [2.24, 2.45) is 5.10 Å². The number of carbonyl (C=O) groups excluding carboxylic acids is 1. The van der Waals surface area contributed by atoms with Gasteiger partial charge in [-0.15, -0.1) is 0 Å². The third-order valence-electron chi connectivity index (χ3n) is 5.62. The number of methoxy groups -OCH3 is 2. The van der Waals surface area contributed by atoms with E-state index in [1.54, 1.807) is 25.3 Å². The number of fused-ring (bicyclic) bond motifs is 1. The molecule has 0 aliphatic carbocycles. The van der Waals surface area contributed by atoms with Crippen molar-refractivity contribution in [1.82, 2.24) is 5.43 Å². The Morgan fingerprint density at radius 1 is 0.946 bits per heavy atom. The van der Waals surface area contributed by atoms with Crippen molar-refractivity contribution in [1.29, 1.82) is 0 Å². The fourth-order valence-corrected chi connectivity index (χ4v) is 4.42. The molecule has 0 saturated carbocycles. The normalized spacial score (nSPS) is 10.9. The Morgan fingerprint density at radius 2 is 1.76 bits per heavy atom. The molecule has 0 atom stereocenters. The summed E-state index contributed by atoms with van der Waals surface area (Å²) < 4.78 is 23.2. The van der Waals surface area contributed by atoms with Crippen LogP contribution in [0.15, 0.2) is 82.4 Å². The molecule has 0 radical (unpaired) electrons. The smallest absolute Gasteiger partial charge is 0.275 e. The zero-order valence-electron chi connectivity index (χ0n) is 20.8. The van der Waals surface area contributed by atoms with Crippen molar-refractivity contribution in [3.05, 3.63) is 94.0 Å². The van der Waals surface area contributed by atoms with Crippen LogP contribution < -0.4 is 24.4 Å². The molecule has 1 amide bonds. The average molecular weight is 563 g/mol. The number of hydrazone groups is 1. The molecule has 0 fully saturated rings. The standard InChI is InChI=1S/C29H27BrN2O5/c1-4-36-27-15-19(17-31-32-29(33)24-13-12-22(34-2)16-26(24)35-3)14-25(30)28(27)37-18-21-10-7-9-20-8-5-6-11-23(20)21/h5-17H,4,18H2,1-3H3,(H,32,33)/b31-17-. The molecule has 4 aromatic rings.